The van der Waals surface area contributed by atoms with Gasteiger partial charge in [0.15, 0.2) is 11.5 Å². The fourth-order valence-electron chi connectivity index (χ4n) is 2.21. The van der Waals surface area contributed by atoms with Gasteiger partial charge in [-0.1, -0.05) is 6.07 Å². The van der Waals surface area contributed by atoms with Crippen LogP contribution in [0.5, 0.6) is 11.5 Å². The minimum atomic E-state index is 0.324. The molecule has 0 radical (unpaired) electrons. The minimum Gasteiger partial charge on any atom is -0.454 e. The Bertz CT molecular complexity index is 575. The molecule has 0 saturated carbocycles. The van der Waals surface area contributed by atoms with E-state index in [0.29, 0.717) is 12.8 Å². The third-order valence-corrected chi connectivity index (χ3v) is 3.28. The van der Waals surface area contributed by atoms with Crippen molar-refractivity contribution in [2.45, 2.75) is 25.8 Å². The average molecular weight is 271 g/mol. The van der Waals surface area contributed by atoms with Gasteiger partial charge in [0, 0.05) is 6.04 Å². The van der Waals surface area contributed by atoms with E-state index in [0.717, 1.165) is 30.0 Å². The first-order valence-corrected chi connectivity index (χ1v) is 6.71. The van der Waals surface area contributed by atoms with E-state index in [-0.39, 0.29) is 0 Å². The highest BCUT2D eigenvalue weighted by Crippen LogP contribution is 2.32. The predicted octanol–water partition coefficient (Wildman–Crippen LogP) is 2.64. The number of hydrogen-bond donors (Lipinski definition) is 1. The number of nitrogens with one attached hydrogen (secondary N) is 1. The molecule has 1 aliphatic rings. The Labute approximate surface area is 118 Å². The lowest BCUT2D eigenvalue weighted by Crippen LogP contribution is -2.16. The first kappa shape index (κ1) is 12.7. The van der Waals surface area contributed by atoms with Crippen molar-refractivity contribution in [1.29, 1.82) is 0 Å². The van der Waals surface area contributed by atoms with Gasteiger partial charge < -0.3 is 14.8 Å². The van der Waals surface area contributed by atoms with Gasteiger partial charge in [-0.15, -0.1) is 0 Å². The molecule has 0 bridgehead atoms. The number of aromatic nitrogens is 2. The number of anilines is 1. The molecular formula is C15H17N3O2. The molecule has 5 nitrogen and oxygen atoms in total. The molecule has 0 saturated heterocycles. The molecule has 1 unspecified atom stereocenters. The van der Waals surface area contributed by atoms with Crippen molar-refractivity contribution in [3.8, 4) is 11.5 Å². The summed E-state index contributed by atoms with van der Waals surface area (Å²) in [6.45, 7) is 2.48. The molecular weight excluding hydrogens is 254 g/mol. The van der Waals surface area contributed by atoms with Crippen LogP contribution in [-0.4, -0.2) is 22.8 Å². The van der Waals surface area contributed by atoms with Crippen LogP contribution >= 0.6 is 0 Å². The van der Waals surface area contributed by atoms with Crippen molar-refractivity contribution >= 4 is 5.69 Å². The summed E-state index contributed by atoms with van der Waals surface area (Å²) < 4.78 is 10.7. The van der Waals surface area contributed by atoms with Crippen LogP contribution < -0.4 is 14.8 Å². The number of aryl methyl sites for hydroxylation is 1. The standard InChI is InChI=1S/C15H17N3O2/c1-11(18-13-7-16-9-17-8-13)2-3-12-4-5-14-15(6-12)20-10-19-14/h4-9,11,18H,2-3,10H2,1H3. The lowest BCUT2D eigenvalue weighted by molar-refractivity contribution is 0.174. The van der Waals surface area contributed by atoms with Crippen molar-refractivity contribution in [3.05, 3.63) is 42.5 Å². The smallest absolute Gasteiger partial charge is 0.231 e. The van der Waals surface area contributed by atoms with E-state index in [1.54, 1.807) is 12.4 Å². The van der Waals surface area contributed by atoms with Gasteiger partial charge in [-0.2, -0.15) is 0 Å². The van der Waals surface area contributed by atoms with Gasteiger partial charge in [0.2, 0.25) is 6.79 Å². The Morgan fingerprint density at radius 3 is 2.85 bits per heavy atom. The van der Waals surface area contributed by atoms with Crippen molar-refractivity contribution in [2.75, 3.05) is 12.1 Å². The minimum absolute atomic E-state index is 0.324. The largest absolute Gasteiger partial charge is 0.454 e. The van der Waals surface area contributed by atoms with Gasteiger partial charge in [-0.3, -0.25) is 0 Å². The Hall–Kier alpha value is -2.30. The van der Waals surface area contributed by atoms with Gasteiger partial charge in [0.1, 0.15) is 6.33 Å². The first-order valence-electron chi connectivity index (χ1n) is 6.71. The molecule has 2 aromatic rings. The molecule has 1 aliphatic heterocycles. The summed E-state index contributed by atoms with van der Waals surface area (Å²) in [7, 11) is 0. The highest BCUT2D eigenvalue weighted by Gasteiger charge is 2.13. The summed E-state index contributed by atoms with van der Waals surface area (Å²) >= 11 is 0. The van der Waals surface area contributed by atoms with E-state index in [2.05, 4.69) is 34.3 Å². The maximum Gasteiger partial charge on any atom is 0.231 e. The number of ether oxygens (including phenoxy) is 2. The van der Waals surface area contributed by atoms with Crippen molar-refractivity contribution in [2.24, 2.45) is 0 Å². The normalized spacial score (nSPS) is 14.1. The summed E-state index contributed by atoms with van der Waals surface area (Å²) in [4.78, 5) is 7.98. The SMILES string of the molecule is CC(CCc1ccc2c(c1)OCO2)Nc1cncnc1. The van der Waals surface area contributed by atoms with E-state index >= 15 is 0 Å². The number of nitrogens with zero attached hydrogens (tertiary/aromatic N) is 2. The van der Waals surface area contributed by atoms with Gasteiger partial charge in [-0.25, -0.2) is 9.97 Å². The molecule has 20 heavy (non-hydrogen) atoms. The second-order valence-electron chi connectivity index (χ2n) is 4.90. The Morgan fingerprint density at radius 1 is 1.20 bits per heavy atom. The van der Waals surface area contributed by atoms with E-state index in [1.165, 1.54) is 11.9 Å². The van der Waals surface area contributed by atoms with Crippen LogP contribution in [0.25, 0.3) is 0 Å². The number of benzene rings is 1. The monoisotopic (exact) mass is 271 g/mol. The van der Waals surface area contributed by atoms with Crippen molar-refractivity contribution < 1.29 is 9.47 Å². The molecule has 104 valence electrons. The molecule has 5 heteroatoms. The fraction of sp³-hybridized carbons (Fsp3) is 0.333. The number of hydrogen-bond acceptors (Lipinski definition) is 5. The van der Waals surface area contributed by atoms with Crippen LogP contribution in [0, 0.1) is 0 Å². The lowest BCUT2D eigenvalue weighted by Gasteiger charge is -2.14. The fourth-order valence-corrected chi connectivity index (χ4v) is 2.21. The third-order valence-electron chi connectivity index (χ3n) is 3.28. The van der Waals surface area contributed by atoms with Gasteiger partial charge in [-0.05, 0) is 37.5 Å². The second kappa shape index (κ2) is 5.77. The van der Waals surface area contributed by atoms with Gasteiger partial charge in [0.05, 0.1) is 18.1 Å². The molecule has 0 aliphatic carbocycles. The zero-order chi connectivity index (χ0) is 13.8. The summed E-state index contributed by atoms with van der Waals surface area (Å²) in [6, 6.07) is 6.47. The Balaban J connectivity index is 1.54. The predicted molar refractivity (Wildman–Crippen MR) is 76.0 cm³/mol. The molecule has 1 aromatic heterocycles. The van der Waals surface area contributed by atoms with Crippen molar-refractivity contribution in [3.63, 3.8) is 0 Å². The first-order chi connectivity index (χ1) is 9.81. The number of rotatable bonds is 5. The maximum atomic E-state index is 5.39. The van der Waals surface area contributed by atoms with E-state index in [9.17, 15) is 0 Å². The molecule has 1 aromatic carbocycles. The van der Waals surface area contributed by atoms with Crippen LogP contribution in [0.2, 0.25) is 0 Å². The van der Waals surface area contributed by atoms with Crippen LogP contribution in [0.4, 0.5) is 5.69 Å². The molecule has 2 heterocycles. The zero-order valence-corrected chi connectivity index (χ0v) is 11.4. The lowest BCUT2D eigenvalue weighted by atomic mass is 10.1. The summed E-state index contributed by atoms with van der Waals surface area (Å²) in [5.41, 5.74) is 2.21. The van der Waals surface area contributed by atoms with Gasteiger partial charge in [0.25, 0.3) is 0 Å². The van der Waals surface area contributed by atoms with Crippen LogP contribution in [0.15, 0.2) is 36.9 Å². The molecule has 1 N–H and O–H groups in total. The van der Waals surface area contributed by atoms with E-state index < -0.39 is 0 Å². The average Bonchev–Trinajstić information content (AvgIpc) is 2.93. The summed E-state index contributed by atoms with van der Waals surface area (Å²) in [5, 5.41) is 3.38. The molecule has 0 amide bonds. The van der Waals surface area contributed by atoms with Crippen molar-refractivity contribution in [1.82, 2.24) is 9.97 Å². The topological polar surface area (TPSA) is 56.3 Å². The maximum absolute atomic E-state index is 5.39. The van der Waals surface area contributed by atoms with Crippen LogP contribution in [-0.2, 0) is 6.42 Å². The Morgan fingerprint density at radius 2 is 2.00 bits per heavy atom. The molecule has 0 fully saturated rings. The van der Waals surface area contributed by atoms with Gasteiger partial charge >= 0.3 is 0 Å². The molecule has 0 spiro atoms. The highest BCUT2D eigenvalue weighted by atomic mass is 16.7. The summed E-state index contributed by atoms with van der Waals surface area (Å²) in [6.07, 6.45) is 7.10. The number of fused-ring (bicyclic) bond motifs is 1. The van der Waals surface area contributed by atoms with E-state index in [4.69, 9.17) is 9.47 Å². The third kappa shape index (κ3) is 2.99. The quantitative estimate of drug-likeness (QED) is 0.906. The highest BCUT2D eigenvalue weighted by molar-refractivity contribution is 5.44. The van der Waals surface area contributed by atoms with Crippen LogP contribution in [0.3, 0.4) is 0 Å². The second-order valence-corrected chi connectivity index (χ2v) is 4.90. The summed E-state index contributed by atoms with van der Waals surface area (Å²) in [5.74, 6) is 1.68. The Kier molecular flexibility index (Phi) is 3.67. The molecule has 3 rings (SSSR count). The van der Waals surface area contributed by atoms with Crippen LogP contribution in [0.1, 0.15) is 18.9 Å². The molecule has 1 atom stereocenters. The van der Waals surface area contributed by atoms with E-state index in [1.807, 2.05) is 6.07 Å². The zero-order valence-electron chi connectivity index (χ0n) is 11.4.